The van der Waals surface area contributed by atoms with Gasteiger partial charge in [-0.3, -0.25) is 4.79 Å². The molecule has 0 saturated heterocycles. The number of esters is 1. The van der Waals surface area contributed by atoms with E-state index >= 15 is 0 Å². The number of fused-ring (bicyclic) bond motifs is 5. The van der Waals surface area contributed by atoms with Crippen LogP contribution in [0.4, 0.5) is 0 Å². The molecule has 3 fully saturated rings. The lowest BCUT2D eigenvalue weighted by Crippen LogP contribution is -2.42. The Morgan fingerprint density at radius 3 is 2.31 bits per heavy atom. The molecule has 0 aromatic heterocycles. The van der Waals surface area contributed by atoms with Gasteiger partial charge in [0.2, 0.25) is 0 Å². The maximum Gasteiger partial charge on any atom is 0.306 e. The predicted molar refractivity (Wildman–Crippen MR) is 152 cm³/mol. The van der Waals surface area contributed by atoms with Gasteiger partial charge in [0.1, 0.15) is 6.10 Å². The Labute approximate surface area is 223 Å². The predicted octanol–water partition coefficient (Wildman–Crippen LogP) is 10.1. The third-order valence-electron chi connectivity index (χ3n) is 11.1. The summed E-state index contributed by atoms with van der Waals surface area (Å²) in [6.45, 7) is 7.16. The monoisotopic (exact) mass is 498 g/mol. The second-order valence-corrected chi connectivity index (χ2v) is 13.3. The summed E-state index contributed by atoms with van der Waals surface area (Å²) in [6.07, 6.45) is 28.6. The van der Waals surface area contributed by atoms with E-state index in [4.69, 9.17) is 4.74 Å². The average molecular weight is 499 g/mol. The molecule has 2 nitrogen and oxygen atoms in total. The van der Waals surface area contributed by atoms with Gasteiger partial charge in [-0.25, -0.2) is 0 Å². The number of hydrogen-bond donors (Lipinski definition) is 0. The molecule has 4 rings (SSSR count). The highest BCUT2D eigenvalue weighted by Crippen LogP contribution is 2.59. The van der Waals surface area contributed by atoms with Crippen LogP contribution in [0.15, 0.2) is 11.6 Å². The van der Waals surface area contributed by atoms with Crippen LogP contribution >= 0.6 is 0 Å². The van der Waals surface area contributed by atoms with Gasteiger partial charge in [0.15, 0.2) is 0 Å². The lowest BCUT2D eigenvalue weighted by Gasteiger charge is -2.50. The average Bonchev–Trinajstić information content (AvgIpc) is 3.33. The zero-order valence-corrected chi connectivity index (χ0v) is 24.2. The van der Waals surface area contributed by atoms with E-state index in [0.29, 0.717) is 6.42 Å². The largest absolute Gasteiger partial charge is 0.462 e. The lowest BCUT2D eigenvalue weighted by molar-refractivity contribution is -0.150. The van der Waals surface area contributed by atoms with Crippen LogP contribution in [0.25, 0.3) is 0 Å². The summed E-state index contributed by atoms with van der Waals surface area (Å²) in [5.74, 6) is 6.67. The molecular formula is C34H58O2. The van der Waals surface area contributed by atoms with Crippen molar-refractivity contribution in [2.45, 2.75) is 155 Å². The minimum Gasteiger partial charge on any atom is -0.462 e. The van der Waals surface area contributed by atoms with E-state index in [2.05, 4.69) is 26.8 Å². The van der Waals surface area contributed by atoms with E-state index in [9.17, 15) is 4.79 Å². The van der Waals surface area contributed by atoms with Crippen molar-refractivity contribution in [3.63, 3.8) is 0 Å². The number of carbonyl (C=O) groups excluding carboxylic acids is 1. The minimum absolute atomic E-state index is 0.0598. The molecule has 2 heteroatoms. The summed E-state index contributed by atoms with van der Waals surface area (Å²) in [5, 5.41) is 0. The first kappa shape index (κ1) is 28.2. The molecule has 4 aliphatic rings. The zero-order valence-electron chi connectivity index (χ0n) is 24.2. The third-order valence-corrected chi connectivity index (χ3v) is 11.1. The van der Waals surface area contributed by atoms with Crippen molar-refractivity contribution in [2.75, 3.05) is 0 Å². The number of ether oxygens (including phenoxy) is 1. The molecule has 36 heavy (non-hydrogen) atoms. The molecule has 0 aromatic carbocycles. The quantitative estimate of drug-likeness (QED) is 0.135. The first-order valence-corrected chi connectivity index (χ1v) is 16.5. The highest BCUT2D eigenvalue weighted by atomic mass is 16.5. The van der Waals surface area contributed by atoms with Gasteiger partial charge < -0.3 is 4.74 Å². The standard InChI is InChI=1S/C34H58O2/c1-4-6-8-10-11-13-15-34(35)36-27-17-19-29-26(24-27)16-18-32-31(29)23-22-30-28(20-21-33(30)32)25(3)14-12-9-7-5-2/h16,25,27-33H,4-15,17-24H2,1-3H3. The van der Waals surface area contributed by atoms with E-state index in [-0.39, 0.29) is 12.1 Å². The first-order chi connectivity index (χ1) is 17.6. The summed E-state index contributed by atoms with van der Waals surface area (Å²) in [7, 11) is 0. The van der Waals surface area contributed by atoms with Crippen LogP contribution in [0.1, 0.15) is 149 Å². The topological polar surface area (TPSA) is 26.3 Å². The maximum absolute atomic E-state index is 12.5. The SMILES string of the molecule is CCCCCCCCC(=O)OC1CCC2C(=CCC3C2CCC2C(C(C)CCCCCC)CCC23)C1. The van der Waals surface area contributed by atoms with Gasteiger partial charge in [-0.05, 0) is 92.8 Å². The molecule has 0 spiro atoms. The van der Waals surface area contributed by atoms with E-state index in [1.807, 2.05) is 0 Å². The molecule has 0 aliphatic heterocycles. The molecule has 4 aliphatic carbocycles. The van der Waals surface area contributed by atoms with E-state index in [1.165, 1.54) is 103 Å². The number of rotatable bonds is 14. The molecule has 0 aromatic rings. The fourth-order valence-electron chi connectivity index (χ4n) is 9.14. The lowest BCUT2D eigenvalue weighted by atomic mass is 9.56. The van der Waals surface area contributed by atoms with E-state index in [1.54, 1.807) is 5.57 Å². The van der Waals surface area contributed by atoms with Gasteiger partial charge in [-0.15, -0.1) is 0 Å². The van der Waals surface area contributed by atoms with Crippen LogP contribution < -0.4 is 0 Å². The van der Waals surface area contributed by atoms with E-state index < -0.39 is 0 Å². The Kier molecular flexibility index (Phi) is 11.3. The summed E-state index contributed by atoms with van der Waals surface area (Å²) < 4.78 is 5.98. The van der Waals surface area contributed by atoms with Crippen molar-refractivity contribution < 1.29 is 9.53 Å². The van der Waals surface area contributed by atoms with Gasteiger partial charge in [-0.1, -0.05) is 96.6 Å². The van der Waals surface area contributed by atoms with Gasteiger partial charge >= 0.3 is 5.97 Å². The second kappa shape index (κ2) is 14.4. The summed E-state index contributed by atoms with van der Waals surface area (Å²) in [6, 6.07) is 0. The van der Waals surface area contributed by atoms with Crippen molar-refractivity contribution in [3.8, 4) is 0 Å². The smallest absolute Gasteiger partial charge is 0.306 e. The van der Waals surface area contributed by atoms with Crippen LogP contribution in [0.5, 0.6) is 0 Å². The van der Waals surface area contributed by atoms with Crippen LogP contribution in [0, 0.1) is 41.4 Å². The van der Waals surface area contributed by atoms with Crippen LogP contribution in [-0.2, 0) is 9.53 Å². The fourth-order valence-corrected chi connectivity index (χ4v) is 9.14. The summed E-state index contributed by atoms with van der Waals surface area (Å²) >= 11 is 0. The fraction of sp³-hybridized carbons (Fsp3) is 0.912. The molecule has 3 saturated carbocycles. The third kappa shape index (κ3) is 7.19. The molecule has 8 atom stereocenters. The Hall–Kier alpha value is -0.790. The van der Waals surface area contributed by atoms with Gasteiger partial charge in [-0.2, -0.15) is 0 Å². The Balaban J connectivity index is 1.23. The molecule has 0 amide bonds. The number of unbranched alkanes of at least 4 members (excludes halogenated alkanes) is 8. The van der Waals surface area contributed by atoms with Crippen LogP contribution in [-0.4, -0.2) is 12.1 Å². The van der Waals surface area contributed by atoms with Crippen molar-refractivity contribution >= 4 is 5.97 Å². The number of allylic oxidation sites excluding steroid dienone is 1. The van der Waals surface area contributed by atoms with Crippen molar-refractivity contribution in [1.29, 1.82) is 0 Å². The molecule has 8 unspecified atom stereocenters. The Bertz CT molecular complexity index is 695. The minimum atomic E-state index is 0.0598. The number of hydrogen-bond acceptors (Lipinski definition) is 2. The van der Waals surface area contributed by atoms with Gasteiger partial charge in [0, 0.05) is 12.8 Å². The second-order valence-electron chi connectivity index (χ2n) is 13.3. The molecule has 0 heterocycles. The van der Waals surface area contributed by atoms with Gasteiger partial charge in [0.05, 0.1) is 0 Å². The zero-order chi connectivity index (χ0) is 25.3. The Morgan fingerprint density at radius 1 is 0.806 bits per heavy atom. The van der Waals surface area contributed by atoms with Gasteiger partial charge in [0.25, 0.3) is 0 Å². The van der Waals surface area contributed by atoms with Crippen LogP contribution in [0.2, 0.25) is 0 Å². The molecule has 0 radical (unpaired) electrons. The molecular weight excluding hydrogens is 440 g/mol. The summed E-state index contributed by atoms with van der Waals surface area (Å²) in [5.41, 5.74) is 1.66. The highest BCUT2D eigenvalue weighted by molar-refractivity contribution is 5.69. The van der Waals surface area contributed by atoms with Crippen molar-refractivity contribution in [3.05, 3.63) is 11.6 Å². The first-order valence-electron chi connectivity index (χ1n) is 16.5. The normalized spacial score (nSPS) is 34.3. The summed E-state index contributed by atoms with van der Waals surface area (Å²) in [4.78, 5) is 12.5. The maximum atomic E-state index is 12.5. The number of carbonyl (C=O) groups is 1. The van der Waals surface area contributed by atoms with E-state index in [0.717, 1.165) is 60.7 Å². The van der Waals surface area contributed by atoms with Crippen LogP contribution in [0.3, 0.4) is 0 Å². The highest BCUT2D eigenvalue weighted by Gasteiger charge is 2.50. The van der Waals surface area contributed by atoms with Crippen molar-refractivity contribution in [2.24, 2.45) is 41.4 Å². The Morgan fingerprint density at radius 2 is 1.50 bits per heavy atom. The van der Waals surface area contributed by atoms with Crippen molar-refractivity contribution in [1.82, 2.24) is 0 Å². The molecule has 206 valence electrons. The molecule has 0 bridgehead atoms. The molecule has 0 N–H and O–H groups in total.